The van der Waals surface area contributed by atoms with E-state index >= 15 is 0 Å². The Bertz CT molecular complexity index is 627. The van der Waals surface area contributed by atoms with E-state index in [-0.39, 0.29) is 0 Å². The molecule has 0 saturated heterocycles. The van der Waals surface area contributed by atoms with Gasteiger partial charge in [0, 0.05) is 5.69 Å². The number of hydrogen-bond donors (Lipinski definition) is 1. The Morgan fingerprint density at radius 1 is 1.17 bits per heavy atom. The number of anilines is 1. The molecule has 0 unspecified atom stereocenters. The molecule has 3 rings (SSSR count). The van der Waals surface area contributed by atoms with E-state index in [1.807, 2.05) is 30.3 Å². The quantitative estimate of drug-likeness (QED) is 0.703. The molecule has 0 aliphatic carbocycles. The number of rotatable bonds is 3. The first-order valence-electron chi connectivity index (χ1n) is 5.47. The Labute approximate surface area is 103 Å². The highest BCUT2D eigenvalue weighted by Crippen LogP contribution is 2.17. The van der Waals surface area contributed by atoms with Crippen molar-refractivity contribution >= 4 is 5.69 Å². The van der Waals surface area contributed by atoms with Gasteiger partial charge in [0.1, 0.15) is 0 Å². The maximum atomic E-state index is 5.65. The predicted octanol–water partition coefficient (Wildman–Crippen LogP) is 1.56. The summed E-state index contributed by atoms with van der Waals surface area (Å²) >= 11 is 0. The molecule has 2 N–H and O–H groups in total. The SMILES string of the molecule is Nc1ccc(Cn2nnnc2-c2ccco2)cc1. The first-order chi connectivity index (χ1) is 8.83. The molecule has 0 aliphatic rings. The van der Waals surface area contributed by atoms with E-state index in [1.165, 1.54) is 0 Å². The maximum Gasteiger partial charge on any atom is 0.218 e. The van der Waals surface area contributed by atoms with Crippen molar-refractivity contribution in [3.05, 3.63) is 48.2 Å². The summed E-state index contributed by atoms with van der Waals surface area (Å²) in [6.07, 6.45) is 1.59. The van der Waals surface area contributed by atoms with Crippen LogP contribution in [0.3, 0.4) is 0 Å². The lowest BCUT2D eigenvalue weighted by Crippen LogP contribution is -2.04. The topological polar surface area (TPSA) is 82.8 Å². The van der Waals surface area contributed by atoms with Gasteiger partial charge in [-0.2, -0.15) is 0 Å². The Balaban J connectivity index is 1.90. The van der Waals surface area contributed by atoms with Gasteiger partial charge in [-0.05, 0) is 40.3 Å². The van der Waals surface area contributed by atoms with Crippen LogP contribution in [-0.4, -0.2) is 20.2 Å². The molecular weight excluding hydrogens is 230 g/mol. The molecule has 3 aromatic rings. The number of nitrogens with zero attached hydrogens (tertiary/aromatic N) is 4. The number of hydrogen-bond acceptors (Lipinski definition) is 5. The highest BCUT2D eigenvalue weighted by molar-refractivity contribution is 5.45. The summed E-state index contributed by atoms with van der Waals surface area (Å²) in [7, 11) is 0. The van der Waals surface area contributed by atoms with Crippen LogP contribution >= 0.6 is 0 Å². The van der Waals surface area contributed by atoms with Crippen molar-refractivity contribution in [2.45, 2.75) is 6.54 Å². The standard InChI is InChI=1S/C12H11N5O/c13-10-5-3-9(4-6-10)8-17-12(14-15-16-17)11-2-1-7-18-11/h1-7H,8,13H2. The van der Waals surface area contributed by atoms with E-state index in [0.29, 0.717) is 18.1 Å². The second-order valence-electron chi connectivity index (χ2n) is 3.88. The van der Waals surface area contributed by atoms with Gasteiger partial charge < -0.3 is 10.2 Å². The average molecular weight is 241 g/mol. The zero-order valence-corrected chi connectivity index (χ0v) is 9.52. The third-order valence-electron chi connectivity index (χ3n) is 2.59. The lowest BCUT2D eigenvalue weighted by atomic mass is 10.2. The van der Waals surface area contributed by atoms with Gasteiger partial charge in [-0.15, -0.1) is 5.10 Å². The van der Waals surface area contributed by atoms with E-state index in [2.05, 4.69) is 15.5 Å². The second kappa shape index (κ2) is 4.33. The molecule has 0 radical (unpaired) electrons. The summed E-state index contributed by atoms with van der Waals surface area (Å²) in [6.45, 7) is 0.573. The van der Waals surface area contributed by atoms with Gasteiger partial charge in [0.05, 0.1) is 12.8 Å². The fourth-order valence-electron chi connectivity index (χ4n) is 1.69. The Kier molecular flexibility index (Phi) is 2.53. The van der Waals surface area contributed by atoms with Crippen LogP contribution in [0.2, 0.25) is 0 Å². The largest absolute Gasteiger partial charge is 0.461 e. The lowest BCUT2D eigenvalue weighted by molar-refractivity contribution is 0.565. The van der Waals surface area contributed by atoms with Crippen LogP contribution in [0.5, 0.6) is 0 Å². The van der Waals surface area contributed by atoms with Gasteiger partial charge in [0.15, 0.2) is 5.76 Å². The lowest BCUT2D eigenvalue weighted by Gasteiger charge is -2.03. The summed E-state index contributed by atoms with van der Waals surface area (Å²) in [5.74, 6) is 1.26. The van der Waals surface area contributed by atoms with Crippen LogP contribution < -0.4 is 5.73 Å². The number of benzene rings is 1. The Morgan fingerprint density at radius 3 is 2.72 bits per heavy atom. The molecule has 6 heteroatoms. The predicted molar refractivity (Wildman–Crippen MR) is 65.5 cm³/mol. The summed E-state index contributed by atoms with van der Waals surface area (Å²) in [4.78, 5) is 0. The van der Waals surface area contributed by atoms with E-state index in [0.717, 1.165) is 11.3 Å². The summed E-state index contributed by atoms with van der Waals surface area (Å²) in [6, 6.07) is 11.2. The number of aromatic nitrogens is 4. The van der Waals surface area contributed by atoms with Crippen molar-refractivity contribution in [3.8, 4) is 11.6 Å². The number of nitrogens with two attached hydrogens (primary N) is 1. The Hall–Kier alpha value is -2.63. The van der Waals surface area contributed by atoms with E-state index < -0.39 is 0 Å². The van der Waals surface area contributed by atoms with Crippen molar-refractivity contribution in [2.75, 3.05) is 5.73 Å². The molecule has 2 aromatic heterocycles. The molecule has 2 heterocycles. The van der Waals surface area contributed by atoms with E-state index in [9.17, 15) is 0 Å². The molecule has 18 heavy (non-hydrogen) atoms. The third-order valence-corrected chi connectivity index (χ3v) is 2.59. The van der Waals surface area contributed by atoms with Gasteiger partial charge in [-0.1, -0.05) is 12.1 Å². The normalized spacial score (nSPS) is 10.7. The van der Waals surface area contributed by atoms with Crippen molar-refractivity contribution in [2.24, 2.45) is 0 Å². The minimum atomic E-state index is 0.573. The summed E-state index contributed by atoms with van der Waals surface area (Å²) in [5, 5.41) is 11.6. The fraction of sp³-hybridized carbons (Fsp3) is 0.0833. The Morgan fingerprint density at radius 2 is 2.00 bits per heavy atom. The smallest absolute Gasteiger partial charge is 0.218 e. The summed E-state index contributed by atoms with van der Waals surface area (Å²) < 4.78 is 6.98. The van der Waals surface area contributed by atoms with E-state index in [1.54, 1.807) is 17.0 Å². The van der Waals surface area contributed by atoms with E-state index in [4.69, 9.17) is 10.2 Å². The van der Waals surface area contributed by atoms with Crippen LogP contribution in [0, 0.1) is 0 Å². The molecule has 1 aromatic carbocycles. The van der Waals surface area contributed by atoms with Crippen molar-refractivity contribution in [3.63, 3.8) is 0 Å². The average Bonchev–Trinajstić information content (AvgIpc) is 3.02. The monoisotopic (exact) mass is 241 g/mol. The number of furan rings is 1. The zero-order valence-electron chi connectivity index (χ0n) is 9.52. The van der Waals surface area contributed by atoms with Crippen molar-refractivity contribution < 1.29 is 4.42 Å². The van der Waals surface area contributed by atoms with Crippen LogP contribution in [-0.2, 0) is 6.54 Å². The zero-order chi connectivity index (χ0) is 12.4. The molecule has 6 nitrogen and oxygen atoms in total. The molecule has 0 aliphatic heterocycles. The van der Waals surface area contributed by atoms with Gasteiger partial charge in [0.25, 0.3) is 0 Å². The molecular formula is C12H11N5O. The highest BCUT2D eigenvalue weighted by Gasteiger charge is 2.11. The van der Waals surface area contributed by atoms with Crippen LogP contribution in [0.15, 0.2) is 47.1 Å². The minimum absolute atomic E-state index is 0.573. The summed E-state index contributed by atoms with van der Waals surface area (Å²) in [5.41, 5.74) is 7.46. The third kappa shape index (κ3) is 1.95. The van der Waals surface area contributed by atoms with Crippen molar-refractivity contribution in [1.29, 1.82) is 0 Å². The molecule has 0 saturated carbocycles. The van der Waals surface area contributed by atoms with Crippen LogP contribution in [0.1, 0.15) is 5.56 Å². The van der Waals surface area contributed by atoms with Gasteiger partial charge in [0.2, 0.25) is 5.82 Å². The molecule has 0 bridgehead atoms. The second-order valence-corrected chi connectivity index (χ2v) is 3.88. The first kappa shape index (κ1) is 10.5. The number of nitrogen functional groups attached to an aromatic ring is 1. The van der Waals surface area contributed by atoms with Crippen molar-refractivity contribution in [1.82, 2.24) is 20.2 Å². The van der Waals surface area contributed by atoms with Gasteiger partial charge >= 0.3 is 0 Å². The number of tetrazole rings is 1. The van der Waals surface area contributed by atoms with Gasteiger partial charge in [-0.3, -0.25) is 0 Å². The molecule has 90 valence electrons. The maximum absolute atomic E-state index is 5.65. The van der Waals surface area contributed by atoms with Gasteiger partial charge in [-0.25, -0.2) is 4.68 Å². The highest BCUT2D eigenvalue weighted by atomic mass is 16.3. The first-order valence-corrected chi connectivity index (χ1v) is 5.47. The van der Waals surface area contributed by atoms with Crippen LogP contribution in [0.25, 0.3) is 11.6 Å². The molecule has 0 spiro atoms. The fourth-order valence-corrected chi connectivity index (χ4v) is 1.69. The minimum Gasteiger partial charge on any atom is -0.461 e. The molecule has 0 amide bonds. The van der Waals surface area contributed by atoms with Crippen LogP contribution in [0.4, 0.5) is 5.69 Å². The molecule has 0 fully saturated rings. The molecule has 0 atom stereocenters.